The van der Waals surface area contributed by atoms with Crippen molar-refractivity contribution >= 4 is 11.8 Å². The van der Waals surface area contributed by atoms with E-state index in [9.17, 15) is 9.59 Å². The minimum atomic E-state index is -0.284. The lowest BCUT2D eigenvalue weighted by molar-refractivity contribution is -0.141. The minimum absolute atomic E-state index is 0.00628. The second-order valence-electron chi connectivity index (χ2n) is 5.80. The van der Waals surface area contributed by atoms with Crippen LogP contribution in [0.4, 0.5) is 0 Å². The Bertz CT molecular complexity index is 514. The summed E-state index contributed by atoms with van der Waals surface area (Å²) in [5.74, 6) is -0.130. The van der Waals surface area contributed by atoms with E-state index < -0.39 is 0 Å². The van der Waals surface area contributed by atoms with Crippen molar-refractivity contribution in [3.8, 4) is 0 Å². The predicted molar refractivity (Wildman–Crippen MR) is 66.6 cm³/mol. The normalized spacial score (nSPS) is 42.6. The molecular weight excluding hydrogens is 228 g/mol. The van der Waals surface area contributed by atoms with Gasteiger partial charge in [0, 0.05) is 11.5 Å². The van der Waals surface area contributed by atoms with E-state index in [0.717, 1.165) is 12.8 Å². The average molecular weight is 244 g/mol. The molecule has 0 bridgehead atoms. The molecule has 1 heterocycles. The third-order valence-electron chi connectivity index (χ3n) is 4.70. The lowest BCUT2D eigenvalue weighted by Crippen LogP contribution is -2.43. The van der Waals surface area contributed by atoms with Gasteiger partial charge >= 0.3 is 5.97 Å². The molecule has 0 aromatic carbocycles. The van der Waals surface area contributed by atoms with Crippen LogP contribution in [0.15, 0.2) is 36.5 Å². The maximum Gasteiger partial charge on any atom is 0.334 e. The highest BCUT2D eigenvalue weighted by Crippen LogP contribution is 2.53. The third-order valence-corrected chi connectivity index (χ3v) is 4.70. The summed E-state index contributed by atoms with van der Waals surface area (Å²) < 4.78 is 5.37. The van der Waals surface area contributed by atoms with Crippen molar-refractivity contribution in [2.24, 2.45) is 17.3 Å². The van der Waals surface area contributed by atoms with E-state index in [4.69, 9.17) is 4.74 Å². The molecule has 0 aromatic rings. The molecule has 18 heavy (non-hydrogen) atoms. The van der Waals surface area contributed by atoms with Crippen LogP contribution in [-0.2, 0) is 14.3 Å². The highest BCUT2D eigenvalue weighted by atomic mass is 16.6. The van der Waals surface area contributed by atoms with E-state index in [1.54, 1.807) is 6.08 Å². The Labute approximate surface area is 106 Å². The van der Waals surface area contributed by atoms with Crippen molar-refractivity contribution in [2.45, 2.75) is 25.9 Å². The monoisotopic (exact) mass is 244 g/mol. The van der Waals surface area contributed by atoms with Gasteiger partial charge in [0.15, 0.2) is 5.78 Å². The molecule has 0 spiro atoms. The van der Waals surface area contributed by atoms with Crippen molar-refractivity contribution in [2.75, 3.05) is 0 Å². The molecule has 2 fully saturated rings. The molecule has 1 saturated carbocycles. The predicted octanol–water partition coefficient (Wildman–Crippen LogP) is 2.20. The summed E-state index contributed by atoms with van der Waals surface area (Å²) in [4.78, 5) is 23.3. The van der Waals surface area contributed by atoms with Crippen molar-refractivity contribution in [1.82, 2.24) is 0 Å². The quantitative estimate of drug-likeness (QED) is 0.484. The van der Waals surface area contributed by atoms with Gasteiger partial charge in [0.2, 0.25) is 0 Å². The molecule has 0 radical (unpaired) electrons. The van der Waals surface area contributed by atoms with Crippen LogP contribution in [0.25, 0.3) is 0 Å². The van der Waals surface area contributed by atoms with Crippen molar-refractivity contribution in [3.63, 3.8) is 0 Å². The molecule has 94 valence electrons. The van der Waals surface area contributed by atoms with Crippen LogP contribution in [0.3, 0.4) is 0 Å². The van der Waals surface area contributed by atoms with Crippen molar-refractivity contribution in [3.05, 3.63) is 36.5 Å². The number of carbonyl (C=O) groups is 2. The first-order valence-electron chi connectivity index (χ1n) is 6.24. The number of carbonyl (C=O) groups excluding carboxylic acids is 2. The van der Waals surface area contributed by atoms with E-state index in [0.29, 0.717) is 11.1 Å². The maximum atomic E-state index is 11.7. The fraction of sp³-hybridized carbons (Fsp3) is 0.467. The molecule has 1 aliphatic heterocycles. The highest BCUT2D eigenvalue weighted by Gasteiger charge is 2.52. The first-order valence-corrected chi connectivity index (χ1v) is 6.24. The van der Waals surface area contributed by atoms with Crippen molar-refractivity contribution < 1.29 is 14.3 Å². The SMILES string of the molecule is C=C1C(=O)O[C@@H]2C[C@@]3(C)C=CC(=O)C(=C)[C@@H]3C[C@H]12. The van der Waals surface area contributed by atoms with Crippen molar-refractivity contribution in [1.29, 1.82) is 0 Å². The number of hydrogen-bond acceptors (Lipinski definition) is 3. The topological polar surface area (TPSA) is 43.4 Å². The molecule has 0 amide bonds. The molecule has 3 aliphatic rings. The highest BCUT2D eigenvalue weighted by molar-refractivity contribution is 6.05. The lowest BCUT2D eigenvalue weighted by atomic mass is 9.58. The molecule has 3 rings (SSSR count). The zero-order chi connectivity index (χ0) is 13.1. The summed E-state index contributed by atoms with van der Waals surface area (Å²) in [7, 11) is 0. The van der Waals surface area contributed by atoms with E-state index in [-0.39, 0.29) is 35.1 Å². The van der Waals surface area contributed by atoms with Gasteiger partial charge in [-0.3, -0.25) is 4.79 Å². The van der Waals surface area contributed by atoms with E-state index in [2.05, 4.69) is 20.1 Å². The fourth-order valence-corrected chi connectivity index (χ4v) is 3.52. The van der Waals surface area contributed by atoms with Crippen LogP contribution >= 0.6 is 0 Å². The van der Waals surface area contributed by atoms with Crippen LogP contribution in [-0.4, -0.2) is 17.9 Å². The van der Waals surface area contributed by atoms with Crippen LogP contribution in [0, 0.1) is 17.3 Å². The van der Waals surface area contributed by atoms with Crippen LogP contribution in [0.2, 0.25) is 0 Å². The Morgan fingerprint density at radius 3 is 2.78 bits per heavy atom. The second-order valence-corrected chi connectivity index (χ2v) is 5.80. The second kappa shape index (κ2) is 3.44. The number of ketones is 1. The summed E-state index contributed by atoms with van der Waals surface area (Å²) >= 11 is 0. The summed E-state index contributed by atoms with van der Waals surface area (Å²) in [6, 6.07) is 0. The van der Waals surface area contributed by atoms with Gasteiger partial charge in [-0.25, -0.2) is 4.79 Å². The number of hydrogen-bond donors (Lipinski definition) is 0. The largest absolute Gasteiger partial charge is 0.458 e. The molecule has 2 aliphatic carbocycles. The Balaban J connectivity index is 1.99. The van der Waals surface area contributed by atoms with E-state index >= 15 is 0 Å². The van der Waals surface area contributed by atoms with Crippen LogP contribution < -0.4 is 0 Å². The Morgan fingerprint density at radius 1 is 1.33 bits per heavy atom. The standard InChI is InChI=1S/C15H16O3/c1-8-10-6-11-9(2)12(16)4-5-15(11,3)7-13(10)18-14(8)17/h4-5,10-11,13H,1-2,6-7H2,3H3/t10-,11+,13-,15-/m1/s1. The van der Waals surface area contributed by atoms with Gasteiger partial charge in [-0.05, 0) is 35.8 Å². The number of rotatable bonds is 0. The zero-order valence-corrected chi connectivity index (χ0v) is 10.4. The summed E-state index contributed by atoms with van der Waals surface area (Å²) in [5, 5.41) is 0. The van der Waals surface area contributed by atoms with Gasteiger partial charge < -0.3 is 4.74 Å². The zero-order valence-electron chi connectivity index (χ0n) is 10.4. The number of esters is 1. The van der Waals surface area contributed by atoms with Gasteiger partial charge in [-0.2, -0.15) is 0 Å². The smallest absolute Gasteiger partial charge is 0.334 e. The van der Waals surface area contributed by atoms with E-state index in [1.165, 1.54) is 0 Å². The molecule has 3 heteroatoms. The molecular formula is C15H16O3. The molecule has 3 nitrogen and oxygen atoms in total. The van der Waals surface area contributed by atoms with Gasteiger partial charge in [-0.15, -0.1) is 0 Å². The summed E-state index contributed by atoms with van der Waals surface area (Å²) in [6.07, 6.45) is 4.96. The number of allylic oxidation sites excluding steroid dienone is 3. The first kappa shape index (κ1) is 11.5. The van der Waals surface area contributed by atoms with Gasteiger partial charge in [-0.1, -0.05) is 26.2 Å². The van der Waals surface area contributed by atoms with Gasteiger partial charge in [0.1, 0.15) is 6.10 Å². The molecule has 1 saturated heterocycles. The molecule has 0 unspecified atom stereocenters. The Kier molecular flexibility index (Phi) is 2.19. The Hall–Kier alpha value is -1.64. The minimum Gasteiger partial charge on any atom is -0.458 e. The van der Waals surface area contributed by atoms with Crippen LogP contribution in [0.5, 0.6) is 0 Å². The van der Waals surface area contributed by atoms with Crippen LogP contribution in [0.1, 0.15) is 19.8 Å². The van der Waals surface area contributed by atoms with Gasteiger partial charge in [0.05, 0.1) is 0 Å². The lowest BCUT2D eigenvalue weighted by Gasteiger charge is -2.46. The average Bonchev–Trinajstić information content (AvgIpc) is 2.58. The number of ether oxygens (including phenoxy) is 1. The first-order chi connectivity index (χ1) is 8.42. The Morgan fingerprint density at radius 2 is 2.06 bits per heavy atom. The number of fused-ring (bicyclic) bond motifs is 2. The molecule has 4 atom stereocenters. The molecule has 0 aromatic heterocycles. The summed E-state index contributed by atoms with van der Waals surface area (Å²) in [6.45, 7) is 9.85. The summed E-state index contributed by atoms with van der Waals surface area (Å²) in [5.41, 5.74) is 1.08. The molecule has 0 N–H and O–H groups in total. The maximum absolute atomic E-state index is 11.7. The third kappa shape index (κ3) is 1.36. The fourth-order valence-electron chi connectivity index (χ4n) is 3.52. The van der Waals surface area contributed by atoms with E-state index in [1.807, 2.05) is 6.08 Å². The van der Waals surface area contributed by atoms with Gasteiger partial charge in [0.25, 0.3) is 0 Å².